The summed E-state index contributed by atoms with van der Waals surface area (Å²) in [5.41, 5.74) is 2.49. The lowest BCUT2D eigenvalue weighted by atomic mass is 9.94. The predicted molar refractivity (Wildman–Crippen MR) is 116 cm³/mol. The van der Waals surface area contributed by atoms with Crippen molar-refractivity contribution < 1.29 is 14.3 Å². The van der Waals surface area contributed by atoms with Crippen molar-refractivity contribution in [2.75, 3.05) is 46.4 Å². The molecule has 0 bridgehead atoms. The highest BCUT2D eigenvalue weighted by Gasteiger charge is 2.28. The van der Waals surface area contributed by atoms with Crippen LogP contribution in [0.4, 0.5) is 0 Å². The van der Waals surface area contributed by atoms with E-state index in [1.165, 1.54) is 0 Å². The maximum absolute atomic E-state index is 13.2. The van der Waals surface area contributed by atoms with E-state index in [2.05, 4.69) is 11.4 Å². The minimum absolute atomic E-state index is 0.0475. The fraction of sp³-hybridized carbons (Fsp3) is 0.417. The Bertz CT molecular complexity index is 900. The smallest absolute Gasteiger partial charge is 0.257 e. The molecule has 0 saturated carbocycles. The van der Waals surface area contributed by atoms with Gasteiger partial charge in [0.2, 0.25) is 0 Å². The van der Waals surface area contributed by atoms with Crippen LogP contribution in [-0.2, 0) is 6.42 Å². The average Bonchev–Trinajstić information content (AvgIpc) is 3.32. The third-order valence-corrected chi connectivity index (χ3v) is 6.11. The summed E-state index contributed by atoms with van der Waals surface area (Å²) in [5, 5.41) is 3.40. The van der Waals surface area contributed by atoms with Gasteiger partial charge in [0, 0.05) is 31.7 Å². The molecule has 30 heavy (non-hydrogen) atoms. The molecule has 6 nitrogen and oxygen atoms in total. The van der Waals surface area contributed by atoms with Gasteiger partial charge >= 0.3 is 0 Å². The van der Waals surface area contributed by atoms with Gasteiger partial charge in [0.1, 0.15) is 5.75 Å². The van der Waals surface area contributed by atoms with Gasteiger partial charge in [0.15, 0.2) is 0 Å². The fourth-order valence-electron chi connectivity index (χ4n) is 4.38. The average molecular weight is 408 g/mol. The number of nitrogens with one attached hydrogen (secondary N) is 1. The zero-order valence-electron chi connectivity index (χ0n) is 17.5. The van der Waals surface area contributed by atoms with Crippen LogP contribution in [-0.4, -0.2) is 68.0 Å². The summed E-state index contributed by atoms with van der Waals surface area (Å²) >= 11 is 0. The summed E-state index contributed by atoms with van der Waals surface area (Å²) in [6.45, 7) is 4.21. The van der Waals surface area contributed by atoms with E-state index in [0.29, 0.717) is 43.4 Å². The third-order valence-electron chi connectivity index (χ3n) is 6.11. The van der Waals surface area contributed by atoms with Gasteiger partial charge in [-0.05, 0) is 55.6 Å². The van der Waals surface area contributed by atoms with Gasteiger partial charge in [0.25, 0.3) is 11.8 Å². The lowest BCUT2D eigenvalue weighted by Crippen LogP contribution is -2.50. The van der Waals surface area contributed by atoms with E-state index in [-0.39, 0.29) is 11.8 Å². The molecule has 0 radical (unpaired) electrons. The van der Waals surface area contributed by atoms with E-state index in [0.717, 1.165) is 37.1 Å². The normalized spacial score (nSPS) is 19.0. The molecule has 2 amide bonds. The number of rotatable bonds is 5. The Balaban J connectivity index is 1.41. The van der Waals surface area contributed by atoms with Crippen LogP contribution in [0.1, 0.15) is 32.7 Å². The van der Waals surface area contributed by atoms with Crippen LogP contribution in [0.2, 0.25) is 0 Å². The summed E-state index contributed by atoms with van der Waals surface area (Å²) in [7, 11) is 1.57. The maximum Gasteiger partial charge on any atom is 0.257 e. The van der Waals surface area contributed by atoms with Crippen molar-refractivity contribution in [2.45, 2.75) is 12.8 Å². The Labute approximate surface area is 177 Å². The van der Waals surface area contributed by atoms with Gasteiger partial charge in [-0.2, -0.15) is 0 Å². The molecule has 2 aliphatic heterocycles. The first-order chi connectivity index (χ1) is 14.7. The molecule has 1 unspecified atom stereocenters. The number of piperazine rings is 1. The maximum atomic E-state index is 13.2. The standard InChI is InChI=1S/C24H29N3O3/c1-30-22-9-5-4-8-21(22)24(29)27-14-12-26(13-15-27)23(28)20-7-3-2-6-19(20)16-18-10-11-25-17-18/h2-9,18,25H,10-17H2,1H3. The number of hydrogen-bond acceptors (Lipinski definition) is 4. The molecule has 0 aromatic heterocycles. The van der Waals surface area contributed by atoms with Crippen molar-refractivity contribution in [3.63, 3.8) is 0 Å². The minimum atomic E-state index is -0.0475. The Kier molecular flexibility index (Phi) is 6.33. The van der Waals surface area contributed by atoms with Crippen molar-refractivity contribution in [1.29, 1.82) is 0 Å². The molecular formula is C24H29N3O3. The highest BCUT2D eigenvalue weighted by molar-refractivity contribution is 5.98. The Morgan fingerprint density at radius 1 is 0.933 bits per heavy atom. The molecule has 0 spiro atoms. The highest BCUT2D eigenvalue weighted by atomic mass is 16.5. The molecule has 2 saturated heterocycles. The van der Waals surface area contributed by atoms with Crippen molar-refractivity contribution in [2.24, 2.45) is 5.92 Å². The molecule has 2 aromatic carbocycles. The summed E-state index contributed by atoms with van der Waals surface area (Å²) in [5.74, 6) is 1.19. The molecule has 0 aliphatic carbocycles. The summed E-state index contributed by atoms with van der Waals surface area (Å²) in [4.78, 5) is 29.8. The van der Waals surface area contributed by atoms with Crippen molar-refractivity contribution >= 4 is 11.8 Å². The largest absolute Gasteiger partial charge is 0.496 e. The molecular weight excluding hydrogens is 378 g/mol. The minimum Gasteiger partial charge on any atom is -0.496 e. The quantitative estimate of drug-likeness (QED) is 0.827. The number of para-hydroxylation sites is 1. The van der Waals surface area contributed by atoms with Crippen LogP contribution in [0.25, 0.3) is 0 Å². The van der Waals surface area contributed by atoms with E-state index >= 15 is 0 Å². The lowest BCUT2D eigenvalue weighted by molar-refractivity contribution is 0.0533. The summed E-state index contributed by atoms with van der Waals surface area (Å²) in [6, 6.07) is 15.2. The first-order valence-corrected chi connectivity index (χ1v) is 10.7. The van der Waals surface area contributed by atoms with Crippen molar-refractivity contribution in [1.82, 2.24) is 15.1 Å². The van der Waals surface area contributed by atoms with E-state index in [4.69, 9.17) is 4.74 Å². The molecule has 6 heteroatoms. The predicted octanol–water partition coefficient (Wildman–Crippen LogP) is 2.45. The van der Waals surface area contributed by atoms with Gasteiger partial charge in [-0.15, -0.1) is 0 Å². The zero-order valence-corrected chi connectivity index (χ0v) is 17.5. The number of ether oxygens (including phenoxy) is 1. The second kappa shape index (κ2) is 9.30. The second-order valence-electron chi connectivity index (χ2n) is 8.00. The molecule has 1 atom stereocenters. The van der Waals surface area contributed by atoms with Crippen molar-refractivity contribution in [3.05, 3.63) is 65.2 Å². The van der Waals surface area contributed by atoms with Crippen LogP contribution >= 0.6 is 0 Å². The van der Waals surface area contributed by atoms with Gasteiger partial charge in [-0.3, -0.25) is 9.59 Å². The SMILES string of the molecule is COc1ccccc1C(=O)N1CCN(C(=O)c2ccccc2CC2CCNC2)CC1. The van der Waals surface area contributed by atoms with Crippen LogP contribution in [0.5, 0.6) is 5.75 Å². The van der Waals surface area contributed by atoms with Gasteiger partial charge in [-0.25, -0.2) is 0 Å². The molecule has 158 valence electrons. The Morgan fingerprint density at radius 2 is 1.53 bits per heavy atom. The molecule has 4 rings (SSSR count). The van der Waals surface area contributed by atoms with E-state index < -0.39 is 0 Å². The Hall–Kier alpha value is -2.86. The summed E-state index contributed by atoms with van der Waals surface area (Å²) in [6.07, 6.45) is 2.09. The number of amides is 2. The monoisotopic (exact) mass is 407 g/mol. The van der Waals surface area contributed by atoms with E-state index in [9.17, 15) is 9.59 Å². The van der Waals surface area contributed by atoms with Crippen LogP contribution in [0, 0.1) is 5.92 Å². The van der Waals surface area contributed by atoms with E-state index in [1.54, 1.807) is 24.1 Å². The summed E-state index contributed by atoms with van der Waals surface area (Å²) < 4.78 is 5.33. The first kappa shape index (κ1) is 20.4. The van der Waals surface area contributed by atoms with Gasteiger partial charge < -0.3 is 19.9 Å². The zero-order chi connectivity index (χ0) is 20.9. The number of nitrogens with zero attached hydrogens (tertiary/aromatic N) is 2. The van der Waals surface area contributed by atoms with Crippen molar-refractivity contribution in [3.8, 4) is 5.75 Å². The topological polar surface area (TPSA) is 61.9 Å². The molecule has 2 aromatic rings. The molecule has 1 N–H and O–H groups in total. The van der Waals surface area contributed by atoms with Crippen LogP contribution in [0.3, 0.4) is 0 Å². The highest BCUT2D eigenvalue weighted by Crippen LogP contribution is 2.22. The molecule has 2 heterocycles. The second-order valence-corrected chi connectivity index (χ2v) is 8.00. The van der Waals surface area contributed by atoms with E-state index in [1.807, 2.05) is 35.2 Å². The number of methoxy groups -OCH3 is 1. The number of hydrogen-bond donors (Lipinski definition) is 1. The number of carbonyl (C=O) groups excluding carboxylic acids is 2. The van der Waals surface area contributed by atoms with Gasteiger partial charge in [0.05, 0.1) is 12.7 Å². The molecule has 2 aliphatic rings. The number of carbonyl (C=O) groups is 2. The third kappa shape index (κ3) is 4.33. The fourth-order valence-corrected chi connectivity index (χ4v) is 4.38. The first-order valence-electron chi connectivity index (χ1n) is 10.7. The van der Waals surface area contributed by atoms with Gasteiger partial charge in [-0.1, -0.05) is 30.3 Å². The molecule has 2 fully saturated rings. The lowest BCUT2D eigenvalue weighted by Gasteiger charge is -2.35. The van der Waals surface area contributed by atoms with Crippen LogP contribution < -0.4 is 10.1 Å². The number of benzene rings is 2. The Morgan fingerprint density at radius 3 is 2.17 bits per heavy atom. The van der Waals surface area contributed by atoms with Crippen LogP contribution in [0.15, 0.2) is 48.5 Å².